The van der Waals surface area contributed by atoms with Gasteiger partial charge in [0.15, 0.2) is 0 Å². The average Bonchev–Trinajstić information content (AvgIpc) is 2.61. The van der Waals surface area contributed by atoms with E-state index >= 15 is 0 Å². The van der Waals surface area contributed by atoms with Crippen molar-refractivity contribution in [1.29, 1.82) is 0 Å². The largest absolute Gasteiger partial charge is 0.151 e. The molecule has 0 heterocycles. The Bertz CT molecular complexity index is 695. The molecule has 0 aliphatic rings. The van der Waals surface area contributed by atoms with Gasteiger partial charge in [0.2, 0.25) is 0 Å². The maximum absolute atomic E-state index is 4.19. The molecule has 0 amide bonds. The Hall–Kier alpha value is -3.14. The summed E-state index contributed by atoms with van der Waals surface area (Å²) in [6.45, 7) is 0. The normalized spacial score (nSPS) is 11.3. The van der Waals surface area contributed by atoms with Gasteiger partial charge >= 0.3 is 0 Å². The van der Waals surface area contributed by atoms with Crippen LogP contribution in [0.4, 0.5) is 22.7 Å². The second kappa shape index (κ2) is 7.04. The highest BCUT2D eigenvalue weighted by atomic mass is 15.1. The molecule has 0 saturated heterocycles. The molecule has 4 nitrogen and oxygen atoms in total. The lowest BCUT2D eigenvalue weighted by atomic mass is 10.3. The second-order valence-electron chi connectivity index (χ2n) is 4.59. The summed E-state index contributed by atoms with van der Waals surface area (Å²) in [4.78, 5) is 0. The predicted octanol–water partition coefficient (Wildman–Crippen LogP) is 6.52. The average molecular weight is 286 g/mol. The van der Waals surface area contributed by atoms with Gasteiger partial charge in [0.05, 0.1) is 22.7 Å². The van der Waals surface area contributed by atoms with Crippen molar-refractivity contribution in [2.24, 2.45) is 20.5 Å². The minimum Gasteiger partial charge on any atom is -0.151 e. The van der Waals surface area contributed by atoms with E-state index in [0.717, 1.165) is 22.7 Å². The van der Waals surface area contributed by atoms with Crippen LogP contribution in [0.5, 0.6) is 0 Å². The zero-order chi connectivity index (χ0) is 15.0. The summed E-state index contributed by atoms with van der Waals surface area (Å²) in [6.07, 6.45) is 0. The number of benzene rings is 3. The zero-order valence-corrected chi connectivity index (χ0v) is 11.9. The highest BCUT2D eigenvalue weighted by Crippen LogP contribution is 2.23. The Labute approximate surface area is 128 Å². The molecule has 3 aromatic rings. The van der Waals surface area contributed by atoms with Gasteiger partial charge in [-0.1, -0.05) is 36.4 Å². The quantitative estimate of drug-likeness (QED) is 0.490. The van der Waals surface area contributed by atoms with Crippen molar-refractivity contribution in [3.8, 4) is 0 Å². The molecular weight excluding hydrogens is 272 g/mol. The van der Waals surface area contributed by atoms with Gasteiger partial charge < -0.3 is 0 Å². The highest BCUT2D eigenvalue weighted by Gasteiger charge is 1.93. The van der Waals surface area contributed by atoms with Crippen molar-refractivity contribution >= 4 is 22.7 Å². The van der Waals surface area contributed by atoms with Crippen LogP contribution in [0.3, 0.4) is 0 Å². The lowest BCUT2D eigenvalue weighted by molar-refractivity contribution is 1.21. The minimum absolute atomic E-state index is 0.780. The van der Waals surface area contributed by atoms with Crippen LogP contribution in [-0.2, 0) is 0 Å². The first-order valence-corrected chi connectivity index (χ1v) is 6.94. The van der Waals surface area contributed by atoms with Gasteiger partial charge in [0.1, 0.15) is 0 Å². The summed E-state index contributed by atoms with van der Waals surface area (Å²) in [5, 5.41) is 16.7. The lowest BCUT2D eigenvalue weighted by Gasteiger charge is -1.95. The number of rotatable bonds is 4. The van der Waals surface area contributed by atoms with Crippen LogP contribution in [0.25, 0.3) is 0 Å². The van der Waals surface area contributed by atoms with Crippen LogP contribution in [0.1, 0.15) is 0 Å². The molecule has 0 atom stereocenters. The summed E-state index contributed by atoms with van der Waals surface area (Å²) < 4.78 is 0. The molecule has 3 rings (SSSR count). The van der Waals surface area contributed by atoms with Crippen molar-refractivity contribution < 1.29 is 0 Å². The van der Waals surface area contributed by atoms with E-state index in [-0.39, 0.29) is 0 Å². The highest BCUT2D eigenvalue weighted by molar-refractivity contribution is 5.48. The molecule has 0 saturated carbocycles. The molecule has 106 valence electrons. The topological polar surface area (TPSA) is 49.4 Å². The molecule has 0 radical (unpaired) electrons. The second-order valence-corrected chi connectivity index (χ2v) is 4.59. The van der Waals surface area contributed by atoms with Crippen LogP contribution in [0, 0.1) is 0 Å². The molecule has 0 bridgehead atoms. The van der Waals surface area contributed by atoms with Crippen molar-refractivity contribution in [2.45, 2.75) is 0 Å². The molecule has 22 heavy (non-hydrogen) atoms. The van der Waals surface area contributed by atoms with E-state index in [9.17, 15) is 0 Å². The number of hydrogen-bond acceptors (Lipinski definition) is 4. The molecule has 0 aromatic heterocycles. The van der Waals surface area contributed by atoms with Crippen molar-refractivity contribution in [1.82, 2.24) is 0 Å². The molecule has 0 N–H and O–H groups in total. The van der Waals surface area contributed by atoms with Crippen LogP contribution in [0.15, 0.2) is 105 Å². The van der Waals surface area contributed by atoms with E-state index in [2.05, 4.69) is 20.5 Å². The maximum atomic E-state index is 4.19. The maximum Gasteiger partial charge on any atom is 0.0858 e. The fraction of sp³-hybridized carbons (Fsp3) is 0. The molecular formula is C18H14N4. The van der Waals surface area contributed by atoms with Gasteiger partial charge in [0, 0.05) is 0 Å². The van der Waals surface area contributed by atoms with Crippen LogP contribution in [-0.4, -0.2) is 0 Å². The third-order valence-electron chi connectivity index (χ3n) is 2.92. The van der Waals surface area contributed by atoms with E-state index < -0.39 is 0 Å². The summed E-state index contributed by atoms with van der Waals surface area (Å²) >= 11 is 0. The molecule has 0 spiro atoms. The first-order valence-electron chi connectivity index (χ1n) is 6.94. The molecule has 0 unspecified atom stereocenters. The first-order chi connectivity index (χ1) is 10.9. The number of azo groups is 2. The third-order valence-corrected chi connectivity index (χ3v) is 2.92. The summed E-state index contributed by atoms with van der Waals surface area (Å²) in [5.41, 5.74) is 3.22. The SMILES string of the molecule is c1ccc(N=Nc2ccc(N=Nc3ccccc3)cc2)cc1. The molecule has 4 heteroatoms. The van der Waals surface area contributed by atoms with Gasteiger partial charge in [-0.2, -0.15) is 20.5 Å². The Morgan fingerprint density at radius 3 is 0.909 bits per heavy atom. The van der Waals surface area contributed by atoms with Crippen LogP contribution < -0.4 is 0 Å². The van der Waals surface area contributed by atoms with Crippen LogP contribution >= 0.6 is 0 Å². The first kappa shape index (κ1) is 13.8. The van der Waals surface area contributed by atoms with E-state index in [0.29, 0.717) is 0 Å². The summed E-state index contributed by atoms with van der Waals surface area (Å²) in [5.74, 6) is 0. The number of hydrogen-bond donors (Lipinski definition) is 0. The Morgan fingerprint density at radius 2 is 0.591 bits per heavy atom. The van der Waals surface area contributed by atoms with E-state index in [1.165, 1.54) is 0 Å². The van der Waals surface area contributed by atoms with Crippen molar-refractivity contribution in [3.63, 3.8) is 0 Å². The standard InChI is InChI=1S/C18H14N4/c1-3-7-15(8-4-1)19-21-17-11-13-18(14-12-17)22-20-16-9-5-2-6-10-16/h1-14H. The Balaban J connectivity index is 1.68. The van der Waals surface area contributed by atoms with Gasteiger partial charge in [-0.15, -0.1) is 0 Å². The summed E-state index contributed by atoms with van der Waals surface area (Å²) in [7, 11) is 0. The fourth-order valence-electron chi connectivity index (χ4n) is 1.81. The smallest absolute Gasteiger partial charge is 0.0858 e. The van der Waals surface area contributed by atoms with E-state index in [1.807, 2.05) is 84.9 Å². The van der Waals surface area contributed by atoms with Gasteiger partial charge in [0.25, 0.3) is 0 Å². The predicted molar refractivity (Wildman–Crippen MR) is 87.7 cm³/mol. The Morgan fingerprint density at radius 1 is 0.318 bits per heavy atom. The van der Waals surface area contributed by atoms with Crippen molar-refractivity contribution in [2.75, 3.05) is 0 Å². The summed E-state index contributed by atoms with van der Waals surface area (Å²) in [6, 6.07) is 26.7. The third kappa shape index (κ3) is 3.93. The monoisotopic (exact) mass is 286 g/mol. The number of nitrogens with zero attached hydrogens (tertiary/aromatic N) is 4. The molecule has 0 aliphatic heterocycles. The zero-order valence-electron chi connectivity index (χ0n) is 11.9. The fourth-order valence-corrected chi connectivity index (χ4v) is 1.81. The van der Waals surface area contributed by atoms with Gasteiger partial charge in [-0.3, -0.25) is 0 Å². The van der Waals surface area contributed by atoms with E-state index in [1.54, 1.807) is 0 Å². The molecule has 3 aromatic carbocycles. The lowest BCUT2D eigenvalue weighted by Crippen LogP contribution is -1.66. The minimum atomic E-state index is 0.780. The molecule has 0 fully saturated rings. The van der Waals surface area contributed by atoms with Gasteiger partial charge in [-0.25, -0.2) is 0 Å². The van der Waals surface area contributed by atoms with Crippen molar-refractivity contribution in [3.05, 3.63) is 84.9 Å². The van der Waals surface area contributed by atoms with Crippen LogP contribution in [0.2, 0.25) is 0 Å². The van der Waals surface area contributed by atoms with Gasteiger partial charge in [-0.05, 0) is 48.5 Å². The Kier molecular flexibility index (Phi) is 4.42. The molecule has 0 aliphatic carbocycles. The van der Waals surface area contributed by atoms with E-state index in [4.69, 9.17) is 0 Å².